The van der Waals surface area contributed by atoms with Gasteiger partial charge in [-0.25, -0.2) is 4.98 Å². The number of ketones is 1. The second kappa shape index (κ2) is 9.09. The smallest absolute Gasteiger partial charge is 0.231 e. The zero-order valence-electron chi connectivity index (χ0n) is 17.5. The molecule has 0 radical (unpaired) electrons. The highest BCUT2D eigenvalue weighted by molar-refractivity contribution is 7.10. The number of rotatable bonds is 7. The maximum Gasteiger partial charge on any atom is 0.231 e. The van der Waals surface area contributed by atoms with E-state index in [1.165, 1.54) is 11.3 Å². The van der Waals surface area contributed by atoms with Gasteiger partial charge in [0, 0.05) is 42.8 Å². The van der Waals surface area contributed by atoms with Gasteiger partial charge in [-0.3, -0.25) is 24.4 Å². The first-order valence-electron chi connectivity index (χ1n) is 10.2. The van der Waals surface area contributed by atoms with Crippen LogP contribution in [-0.4, -0.2) is 63.7 Å². The van der Waals surface area contributed by atoms with Crippen molar-refractivity contribution < 1.29 is 14.0 Å². The van der Waals surface area contributed by atoms with Gasteiger partial charge >= 0.3 is 0 Å². The SMILES string of the molecule is CC(C)N1CCN(CC(N)=O)C(c2nc(C(=O)c3ncccc3-c3ccco3)cs2)C1. The summed E-state index contributed by atoms with van der Waals surface area (Å²) in [5, 5.41) is 2.56. The monoisotopic (exact) mass is 439 g/mol. The number of primary amides is 1. The highest BCUT2D eigenvalue weighted by Gasteiger charge is 2.33. The van der Waals surface area contributed by atoms with Crippen molar-refractivity contribution in [2.24, 2.45) is 5.73 Å². The zero-order chi connectivity index (χ0) is 22.0. The van der Waals surface area contributed by atoms with Crippen LogP contribution in [0.15, 0.2) is 46.5 Å². The van der Waals surface area contributed by atoms with Crippen molar-refractivity contribution in [1.29, 1.82) is 0 Å². The molecule has 9 heteroatoms. The first kappa shape index (κ1) is 21.4. The number of thiazole rings is 1. The van der Waals surface area contributed by atoms with Crippen molar-refractivity contribution in [3.8, 4) is 11.3 Å². The Bertz CT molecular complexity index is 1060. The molecule has 1 aliphatic rings. The quantitative estimate of drug-likeness (QED) is 0.564. The number of hydrogen-bond acceptors (Lipinski definition) is 8. The van der Waals surface area contributed by atoms with E-state index in [9.17, 15) is 9.59 Å². The van der Waals surface area contributed by atoms with E-state index in [1.54, 1.807) is 36.0 Å². The normalized spacial score (nSPS) is 17.8. The van der Waals surface area contributed by atoms with Gasteiger partial charge in [0.25, 0.3) is 0 Å². The minimum absolute atomic E-state index is 0.0940. The number of amides is 1. The minimum atomic E-state index is -0.368. The Morgan fingerprint density at radius 1 is 1.29 bits per heavy atom. The third-order valence-corrected chi connectivity index (χ3v) is 6.41. The summed E-state index contributed by atoms with van der Waals surface area (Å²) in [5.41, 5.74) is 6.74. The lowest BCUT2D eigenvalue weighted by Gasteiger charge is -2.41. The summed E-state index contributed by atoms with van der Waals surface area (Å²) in [7, 11) is 0. The predicted octanol–water partition coefficient (Wildman–Crippen LogP) is 2.58. The molecule has 1 saturated heterocycles. The third kappa shape index (κ3) is 4.58. The molecule has 0 bridgehead atoms. The molecule has 0 saturated carbocycles. The predicted molar refractivity (Wildman–Crippen MR) is 118 cm³/mol. The summed E-state index contributed by atoms with van der Waals surface area (Å²) in [6, 6.07) is 7.43. The van der Waals surface area contributed by atoms with E-state index in [0.29, 0.717) is 28.8 Å². The van der Waals surface area contributed by atoms with Gasteiger partial charge in [-0.1, -0.05) is 0 Å². The largest absolute Gasteiger partial charge is 0.464 e. The molecule has 1 amide bonds. The molecule has 8 nitrogen and oxygen atoms in total. The number of carbonyl (C=O) groups excluding carboxylic acids is 2. The zero-order valence-corrected chi connectivity index (χ0v) is 18.3. The number of piperazine rings is 1. The van der Waals surface area contributed by atoms with Gasteiger partial charge in [0.1, 0.15) is 22.2 Å². The second-order valence-corrected chi connectivity index (χ2v) is 8.71. The van der Waals surface area contributed by atoms with Crippen LogP contribution in [0.4, 0.5) is 0 Å². The molecule has 4 rings (SSSR count). The van der Waals surface area contributed by atoms with Gasteiger partial charge in [-0.15, -0.1) is 11.3 Å². The lowest BCUT2D eigenvalue weighted by molar-refractivity contribution is -0.120. The molecule has 162 valence electrons. The summed E-state index contributed by atoms with van der Waals surface area (Å²) < 4.78 is 5.47. The molecule has 31 heavy (non-hydrogen) atoms. The molecule has 1 unspecified atom stereocenters. The van der Waals surface area contributed by atoms with Gasteiger partial charge in [0.05, 0.1) is 18.8 Å². The summed E-state index contributed by atoms with van der Waals surface area (Å²) in [6.45, 7) is 6.77. The molecule has 0 aliphatic carbocycles. The molecule has 1 atom stereocenters. The lowest BCUT2D eigenvalue weighted by atomic mass is 10.1. The summed E-state index contributed by atoms with van der Waals surface area (Å²) in [5.74, 6) is -0.0423. The second-order valence-electron chi connectivity index (χ2n) is 7.82. The van der Waals surface area contributed by atoms with Crippen LogP contribution < -0.4 is 5.73 Å². The fourth-order valence-electron chi connectivity index (χ4n) is 3.82. The van der Waals surface area contributed by atoms with E-state index in [-0.39, 0.29) is 24.3 Å². The lowest BCUT2D eigenvalue weighted by Crippen LogP contribution is -2.52. The van der Waals surface area contributed by atoms with Gasteiger partial charge < -0.3 is 10.2 Å². The summed E-state index contributed by atoms with van der Waals surface area (Å²) in [4.78, 5) is 38.2. The Labute approximate surface area is 184 Å². The Kier molecular flexibility index (Phi) is 6.26. The van der Waals surface area contributed by atoms with E-state index in [0.717, 1.165) is 24.6 Å². The number of hydrogen-bond donors (Lipinski definition) is 1. The van der Waals surface area contributed by atoms with Crippen molar-refractivity contribution >= 4 is 23.0 Å². The number of furan rings is 1. The molecule has 3 aromatic rings. The maximum atomic E-state index is 13.2. The van der Waals surface area contributed by atoms with Crippen molar-refractivity contribution in [1.82, 2.24) is 19.8 Å². The Morgan fingerprint density at radius 3 is 2.84 bits per heavy atom. The van der Waals surface area contributed by atoms with Crippen molar-refractivity contribution in [2.75, 3.05) is 26.2 Å². The molecule has 0 aromatic carbocycles. The molecule has 1 aliphatic heterocycles. The van der Waals surface area contributed by atoms with Crippen LogP contribution in [0, 0.1) is 0 Å². The van der Waals surface area contributed by atoms with Crippen molar-refractivity contribution in [3.05, 3.63) is 58.5 Å². The summed E-state index contributed by atoms with van der Waals surface area (Å²) >= 11 is 1.42. The maximum absolute atomic E-state index is 13.2. The van der Waals surface area contributed by atoms with Gasteiger partial charge in [-0.2, -0.15) is 0 Å². The van der Waals surface area contributed by atoms with Gasteiger partial charge in [-0.05, 0) is 38.1 Å². The fourth-order valence-corrected chi connectivity index (χ4v) is 4.74. The van der Waals surface area contributed by atoms with Crippen LogP contribution in [-0.2, 0) is 4.79 Å². The van der Waals surface area contributed by atoms with Crippen molar-refractivity contribution in [2.45, 2.75) is 25.9 Å². The molecular weight excluding hydrogens is 414 g/mol. The molecule has 2 N–H and O–H groups in total. The van der Waals surface area contributed by atoms with Gasteiger partial charge in [0.2, 0.25) is 11.7 Å². The highest BCUT2D eigenvalue weighted by atomic mass is 32.1. The molecule has 0 spiro atoms. The van der Waals surface area contributed by atoms with Crippen LogP contribution in [0.1, 0.15) is 41.1 Å². The standard InChI is InChI=1S/C22H25N5O3S/c1-14(2)26-8-9-27(12-19(23)28)17(11-26)22-25-16(13-31-22)21(29)20-15(5-3-7-24-20)18-6-4-10-30-18/h3-7,10,13-14,17H,8-9,11-12H2,1-2H3,(H2,23,28). The van der Waals surface area contributed by atoms with Crippen molar-refractivity contribution in [3.63, 3.8) is 0 Å². The number of nitrogens with zero attached hydrogens (tertiary/aromatic N) is 4. The van der Waals surface area contributed by atoms with Crippen LogP contribution in [0.2, 0.25) is 0 Å². The number of aromatic nitrogens is 2. The first-order chi connectivity index (χ1) is 14.9. The number of carbonyl (C=O) groups is 2. The van der Waals surface area contributed by atoms with E-state index in [4.69, 9.17) is 10.2 Å². The van der Waals surface area contributed by atoms with Crippen LogP contribution >= 0.6 is 11.3 Å². The van der Waals surface area contributed by atoms with E-state index < -0.39 is 0 Å². The number of nitrogens with two attached hydrogens (primary N) is 1. The van der Waals surface area contributed by atoms with E-state index in [1.807, 2.05) is 11.0 Å². The van der Waals surface area contributed by atoms with Crippen LogP contribution in [0.5, 0.6) is 0 Å². The molecule has 4 heterocycles. The molecule has 1 fully saturated rings. The minimum Gasteiger partial charge on any atom is -0.464 e. The topological polar surface area (TPSA) is 106 Å². The molecule has 3 aromatic heterocycles. The Morgan fingerprint density at radius 2 is 2.13 bits per heavy atom. The fraction of sp³-hybridized carbons (Fsp3) is 0.364. The average molecular weight is 440 g/mol. The highest BCUT2D eigenvalue weighted by Crippen LogP contribution is 2.30. The van der Waals surface area contributed by atoms with Gasteiger partial charge in [0.15, 0.2) is 0 Å². The Hall–Kier alpha value is -2.88. The van der Waals surface area contributed by atoms with E-state index >= 15 is 0 Å². The average Bonchev–Trinajstić information content (AvgIpc) is 3.45. The number of pyridine rings is 1. The Balaban J connectivity index is 1.62. The van der Waals surface area contributed by atoms with Crippen LogP contribution in [0.3, 0.4) is 0 Å². The first-order valence-corrected chi connectivity index (χ1v) is 11.1. The van der Waals surface area contributed by atoms with E-state index in [2.05, 4.69) is 28.7 Å². The van der Waals surface area contributed by atoms with Crippen LogP contribution in [0.25, 0.3) is 11.3 Å². The summed E-state index contributed by atoms with van der Waals surface area (Å²) in [6.07, 6.45) is 3.15. The molecular formula is C22H25N5O3S. The third-order valence-electron chi connectivity index (χ3n) is 5.46.